The molecule has 0 aromatic heterocycles. The third-order valence-corrected chi connectivity index (χ3v) is 4.52. The van der Waals surface area contributed by atoms with Gasteiger partial charge in [-0.05, 0) is 63.1 Å². The number of carbonyl (C=O) groups excluding carboxylic acids is 2. The Hall–Kier alpha value is -2.82. The average Bonchev–Trinajstić information content (AvgIpc) is 3.04. The van der Waals surface area contributed by atoms with Crippen molar-refractivity contribution in [2.24, 2.45) is 0 Å². The van der Waals surface area contributed by atoms with Gasteiger partial charge in [-0.1, -0.05) is 18.2 Å². The predicted octanol–water partition coefficient (Wildman–Crippen LogP) is 4.32. The maximum Gasteiger partial charge on any atom is 0.414 e. The summed E-state index contributed by atoms with van der Waals surface area (Å²) in [6.45, 7) is 8.90. The van der Waals surface area contributed by atoms with E-state index < -0.39 is 0 Å². The number of hydrogen-bond donors (Lipinski definition) is 0. The number of hydrogen-bond acceptors (Lipinski definition) is 3. The zero-order valence-electron chi connectivity index (χ0n) is 15.7. The van der Waals surface area contributed by atoms with Crippen molar-refractivity contribution < 1.29 is 14.3 Å². The van der Waals surface area contributed by atoms with Crippen LogP contribution in [-0.4, -0.2) is 31.2 Å². The van der Waals surface area contributed by atoms with Crippen LogP contribution in [0.4, 0.5) is 16.2 Å². The highest BCUT2D eigenvalue weighted by Gasteiger charge is 2.26. The minimum absolute atomic E-state index is 0.00316. The first-order chi connectivity index (χ1) is 12.4. The molecule has 0 spiro atoms. The van der Waals surface area contributed by atoms with Gasteiger partial charge in [-0.2, -0.15) is 0 Å². The zero-order chi connectivity index (χ0) is 18.8. The Bertz CT molecular complexity index is 845. The van der Waals surface area contributed by atoms with Gasteiger partial charge in [0.15, 0.2) is 0 Å². The molecule has 5 nitrogen and oxygen atoms in total. The van der Waals surface area contributed by atoms with Crippen LogP contribution in [0.15, 0.2) is 42.5 Å². The van der Waals surface area contributed by atoms with Gasteiger partial charge in [0.25, 0.3) is 5.91 Å². The molecular weight excluding hydrogens is 328 g/mol. The van der Waals surface area contributed by atoms with Crippen molar-refractivity contribution in [3.05, 3.63) is 59.2 Å². The fraction of sp³-hybridized carbons (Fsp3) is 0.333. The first-order valence-corrected chi connectivity index (χ1v) is 8.83. The van der Waals surface area contributed by atoms with Gasteiger partial charge in [0, 0.05) is 23.0 Å². The van der Waals surface area contributed by atoms with Gasteiger partial charge in [-0.15, -0.1) is 0 Å². The van der Waals surface area contributed by atoms with E-state index in [1.54, 1.807) is 23.1 Å². The number of nitrogens with zero attached hydrogens (tertiary/aromatic N) is 2. The molecule has 2 aromatic rings. The van der Waals surface area contributed by atoms with E-state index in [1.807, 2.05) is 56.9 Å². The largest absolute Gasteiger partial charge is 0.447 e. The van der Waals surface area contributed by atoms with Crippen molar-refractivity contribution in [3.63, 3.8) is 0 Å². The lowest BCUT2D eigenvalue weighted by Crippen LogP contribution is -2.37. The molecular formula is C21H24N2O3. The van der Waals surface area contributed by atoms with E-state index in [0.717, 1.165) is 16.8 Å². The van der Waals surface area contributed by atoms with Gasteiger partial charge in [-0.3, -0.25) is 9.69 Å². The van der Waals surface area contributed by atoms with Crippen LogP contribution in [0.2, 0.25) is 0 Å². The van der Waals surface area contributed by atoms with Gasteiger partial charge in [0.1, 0.15) is 6.61 Å². The van der Waals surface area contributed by atoms with Crippen LogP contribution in [0.1, 0.15) is 35.3 Å². The number of carbonyl (C=O) groups is 2. The minimum Gasteiger partial charge on any atom is -0.447 e. The van der Waals surface area contributed by atoms with Gasteiger partial charge in [0.05, 0.1) is 6.54 Å². The third kappa shape index (κ3) is 3.43. The Morgan fingerprint density at radius 1 is 1.15 bits per heavy atom. The van der Waals surface area contributed by atoms with E-state index in [4.69, 9.17) is 4.74 Å². The second-order valence-corrected chi connectivity index (χ2v) is 6.88. The summed E-state index contributed by atoms with van der Waals surface area (Å²) in [5.41, 5.74) is 4.31. The van der Waals surface area contributed by atoms with Crippen molar-refractivity contribution in [1.82, 2.24) is 0 Å². The molecule has 1 aliphatic heterocycles. The van der Waals surface area contributed by atoms with E-state index in [9.17, 15) is 9.59 Å². The van der Waals surface area contributed by atoms with Gasteiger partial charge < -0.3 is 9.64 Å². The Balaban J connectivity index is 1.98. The Kier molecular flexibility index (Phi) is 4.98. The smallest absolute Gasteiger partial charge is 0.414 e. The number of anilines is 2. The lowest BCUT2D eigenvalue weighted by Gasteiger charge is -2.29. The van der Waals surface area contributed by atoms with E-state index in [0.29, 0.717) is 24.4 Å². The molecule has 1 saturated heterocycles. The second-order valence-electron chi connectivity index (χ2n) is 6.88. The van der Waals surface area contributed by atoms with E-state index >= 15 is 0 Å². The predicted molar refractivity (Wildman–Crippen MR) is 103 cm³/mol. The summed E-state index contributed by atoms with van der Waals surface area (Å²) >= 11 is 0. The monoisotopic (exact) mass is 352 g/mol. The first kappa shape index (κ1) is 18.0. The molecule has 26 heavy (non-hydrogen) atoms. The number of rotatable bonds is 4. The highest BCUT2D eigenvalue weighted by atomic mass is 16.6. The summed E-state index contributed by atoms with van der Waals surface area (Å²) < 4.78 is 5.00. The van der Waals surface area contributed by atoms with Crippen LogP contribution >= 0.6 is 0 Å². The van der Waals surface area contributed by atoms with Gasteiger partial charge in [-0.25, -0.2) is 4.79 Å². The fourth-order valence-corrected chi connectivity index (χ4v) is 3.17. The van der Waals surface area contributed by atoms with Gasteiger partial charge >= 0.3 is 6.09 Å². The highest BCUT2D eigenvalue weighted by molar-refractivity contribution is 6.07. The van der Waals surface area contributed by atoms with Crippen LogP contribution in [0, 0.1) is 13.8 Å². The molecule has 1 aliphatic rings. The van der Waals surface area contributed by atoms with Crippen molar-refractivity contribution in [1.29, 1.82) is 0 Å². The SMILES string of the molecule is Cc1ccc(C)c(N(C(=O)c2cccc(N3CCOC3=O)c2)C(C)C)c1. The molecule has 0 N–H and O–H groups in total. The molecule has 2 amide bonds. The van der Waals surface area contributed by atoms with Crippen molar-refractivity contribution in [2.45, 2.75) is 33.7 Å². The summed E-state index contributed by atoms with van der Waals surface area (Å²) in [7, 11) is 0. The molecule has 5 heteroatoms. The summed E-state index contributed by atoms with van der Waals surface area (Å²) in [5.74, 6) is -0.0804. The van der Waals surface area contributed by atoms with Crippen molar-refractivity contribution in [2.75, 3.05) is 23.0 Å². The lowest BCUT2D eigenvalue weighted by molar-refractivity contribution is 0.0980. The zero-order valence-corrected chi connectivity index (χ0v) is 15.7. The van der Waals surface area contributed by atoms with E-state index in [-0.39, 0.29) is 18.0 Å². The summed E-state index contributed by atoms with van der Waals surface area (Å²) in [4.78, 5) is 28.5. The number of ether oxygens (including phenoxy) is 1. The van der Waals surface area contributed by atoms with Crippen LogP contribution in [0.5, 0.6) is 0 Å². The molecule has 0 saturated carbocycles. The van der Waals surface area contributed by atoms with Crippen molar-refractivity contribution >= 4 is 23.4 Å². The standard InChI is InChI=1S/C21H24N2O3/c1-14(2)23(19-12-15(3)8-9-16(19)4)20(24)17-6-5-7-18(13-17)22-10-11-26-21(22)25/h5-9,12-14H,10-11H2,1-4H3. The molecule has 2 aromatic carbocycles. The summed E-state index contributed by atoms with van der Waals surface area (Å²) in [5, 5.41) is 0. The Morgan fingerprint density at radius 2 is 1.92 bits per heavy atom. The molecule has 1 fully saturated rings. The minimum atomic E-state index is -0.371. The summed E-state index contributed by atoms with van der Waals surface area (Å²) in [6, 6.07) is 13.3. The lowest BCUT2D eigenvalue weighted by atomic mass is 10.1. The molecule has 0 atom stereocenters. The number of benzene rings is 2. The van der Waals surface area contributed by atoms with Crippen LogP contribution in [0.3, 0.4) is 0 Å². The normalized spacial score (nSPS) is 13.9. The molecule has 0 unspecified atom stereocenters. The number of cyclic esters (lactones) is 1. The van der Waals surface area contributed by atoms with Crippen LogP contribution in [-0.2, 0) is 4.74 Å². The second kappa shape index (κ2) is 7.20. The first-order valence-electron chi connectivity index (χ1n) is 8.83. The van der Waals surface area contributed by atoms with E-state index in [2.05, 4.69) is 0 Å². The highest BCUT2D eigenvalue weighted by Crippen LogP contribution is 2.27. The maximum absolute atomic E-state index is 13.3. The Labute approximate surface area is 154 Å². The summed E-state index contributed by atoms with van der Waals surface area (Å²) in [6.07, 6.45) is -0.371. The van der Waals surface area contributed by atoms with Gasteiger partial charge in [0.2, 0.25) is 0 Å². The number of amides is 2. The fourth-order valence-electron chi connectivity index (χ4n) is 3.17. The van der Waals surface area contributed by atoms with Crippen molar-refractivity contribution in [3.8, 4) is 0 Å². The maximum atomic E-state index is 13.3. The molecule has 0 aliphatic carbocycles. The third-order valence-electron chi connectivity index (χ3n) is 4.52. The number of aryl methyl sites for hydroxylation is 2. The van der Waals surface area contributed by atoms with E-state index in [1.165, 1.54) is 0 Å². The Morgan fingerprint density at radius 3 is 2.58 bits per heavy atom. The van der Waals surface area contributed by atoms with Crippen LogP contribution in [0.25, 0.3) is 0 Å². The molecule has 0 radical (unpaired) electrons. The molecule has 136 valence electrons. The van der Waals surface area contributed by atoms with Crippen LogP contribution < -0.4 is 9.80 Å². The molecule has 0 bridgehead atoms. The quantitative estimate of drug-likeness (QED) is 0.823. The molecule has 3 rings (SSSR count). The molecule has 1 heterocycles. The topological polar surface area (TPSA) is 49.9 Å². The average molecular weight is 352 g/mol.